The second-order valence-electron chi connectivity index (χ2n) is 3.71. The summed E-state index contributed by atoms with van der Waals surface area (Å²) in [5, 5.41) is 5.10. The molecular formula is C8H15N3OS. The molecule has 0 saturated carbocycles. The van der Waals surface area contributed by atoms with Gasteiger partial charge < -0.3 is 0 Å². The predicted octanol–water partition coefficient (Wildman–Crippen LogP) is 1.84. The van der Waals surface area contributed by atoms with E-state index in [-0.39, 0.29) is 11.7 Å². The van der Waals surface area contributed by atoms with Crippen LogP contribution in [0.3, 0.4) is 0 Å². The highest BCUT2D eigenvalue weighted by Gasteiger charge is 2.10. The number of aromatic nitrogens is 3. The molecule has 1 aromatic heterocycles. The van der Waals surface area contributed by atoms with Gasteiger partial charge >= 0.3 is 5.69 Å². The van der Waals surface area contributed by atoms with E-state index in [0.717, 1.165) is 6.42 Å². The molecular weight excluding hydrogens is 186 g/mol. The summed E-state index contributed by atoms with van der Waals surface area (Å²) in [6.45, 7) is 6.25. The van der Waals surface area contributed by atoms with Crippen LogP contribution in [0.15, 0.2) is 4.79 Å². The molecule has 0 aliphatic rings. The van der Waals surface area contributed by atoms with Gasteiger partial charge in [0.25, 0.3) is 0 Å². The third-order valence-electron chi connectivity index (χ3n) is 1.97. The van der Waals surface area contributed by atoms with Crippen molar-refractivity contribution in [2.75, 3.05) is 0 Å². The van der Waals surface area contributed by atoms with Crippen molar-refractivity contribution in [1.29, 1.82) is 0 Å². The molecule has 1 rings (SSSR count). The van der Waals surface area contributed by atoms with E-state index in [2.05, 4.69) is 24.0 Å². The lowest BCUT2D eigenvalue weighted by Gasteiger charge is -2.13. The Hall–Kier alpha value is -0.840. The zero-order valence-electron chi connectivity index (χ0n) is 8.13. The van der Waals surface area contributed by atoms with Crippen molar-refractivity contribution in [2.24, 2.45) is 5.92 Å². The van der Waals surface area contributed by atoms with Gasteiger partial charge in [0.1, 0.15) is 0 Å². The number of nitrogens with one attached hydrogen (secondary N) is 2. The van der Waals surface area contributed by atoms with Gasteiger partial charge in [-0.3, -0.25) is 9.67 Å². The Morgan fingerprint density at radius 2 is 2.00 bits per heavy atom. The number of aromatic amines is 2. The third-order valence-corrected chi connectivity index (χ3v) is 2.27. The molecule has 2 N–H and O–H groups in total. The fourth-order valence-corrected chi connectivity index (χ4v) is 1.82. The Morgan fingerprint density at radius 3 is 2.38 bits per heavy atom. The molecule has 0 spiro atoms. The first-order chi connectivity index (χ1) is 6.02. The number of hydrogen-bond acceptors (Lipinski definition) is 2. The molecule has 1 aromatic rings. The van der Waals surface area contributed by atoms with Gasteiger partial charge in [-0.2, -0.15) is 0 Å². The zero-order valence-corrected chi connectivity index (χ0v) is 8.94. The molecule has 0 aliphatic heterocycles. The molecule has 0 aromatic carbocycles. The van der Waals surface area contributed by atoms with Crippen LogP contribution in [0.2, 0.25) is 0 Å². The first-order valence-electron chi connectivity index (χ1n) is 4.41. The highest BCUT2D eigenvalue weighted by atomic mass is 32.1. The van der Waals surface area contributed by atoms with Crippen molar-refractivity contribution in [3.8, 4) is 0 Å². The largest absolute Gasteiger partial charge is 0.342 e. The minimum Gasteiger partial charge on any atom is -0.272 e. The molecule has 4 nitrogen and oxygen atoms in total. The number of rotatable bonds is 3. The third kappa shape index (κ3) is 2.30. The smallest absolute Gasteiger partial charge is 0.272 e. The van der Waals surface area contributed by atoms with Gasteiger partial charge in [0.15, 0.2) is 4.77 Å². The number of hydrogen-bond donors (Lipinski definition) is 2. The van der Waals surface area contributed by atoms with Crippen LogP contribution in [-0.2, 0) is 0 Å². The summed E-state index contributed by atoms with van der Waals surface area (Å²) in [5.74, 6) is 0.561. The lowest BCUT2D eigenvalue weighted by atomic mass is 10.1. The predicted molar refractivity (Wildman–Crippen MR) is 54.4 cm³/mol. The molecule has 0 aliphatic carbocycles. The Bertz CT molecular complexity index is 346. The zero-order chi connectivity index (χ0) is 10.0. The van der Waals surface area contributed by atoms with Crippen LogP contribution in [0.4, 0.5) is 0 Å². The minimum absolute atomic E-state index is 0.154. The van der Waals surface area contributed by atoms with Gasteiger partial charge in [0.05, 0.1) is 0 Å². The number of H-pyrrole nitrogens is 2. The maximum atomic E-state index is 11.3. The molecule has 74 valence electrons. The molecule has 0 radical (unpaired) electrons. The van der Waals surface area contributed by atoms with Gasteiger partial charge in [0.2, 0.25) is 0 Å². The standard InChI is InChI=1S/C8H15N3OS/c1-5(2)4-6(3)11-7(12)9-10-8(11)13/h5-6H,4H2,1-3H3,(H,9,12)(H,10,13). The van der Waals surface area contributed by atoms with Crippen molar-refractivity contribution < 1.29 is 0 Å². The highest BCUT2D eigenvalue weighted by Crippen LogP contribution is 2.14. The second-order valence-corrected chi connectivity index (χ2v) is 4.10. The summed E-state index contributed by atoms with van der Waals surface area (Å²) >= 11 is 4.98. The molecule has 0 amide bonds. The van der Waals surface area contributed by atoms with Crippen molar-refractivity contribution in [3.05, 3.63) is 15.3 Å². The van der Waals surface area contributed by atoms with Gasteiger partial charge in [-0.05, 0) is 31.5 Å². The fourth-order valence-electron chi connectivity index (χ4n) is 1.51. The van der Waals surface area contributed by atoms with E-state index in [4.69, 9.17) is 12.2 Å². The quantitative estimate of drug-likeness (QED) is 0.733. The summed E-state index contributed by atoms with van der Waals surface area (Å²) in [6, 6.07) is 0.155. The van der Waals surface area contributed by atoms with Crippen LogP contribution in [0.5, 0.6) is 0 Å². The first kappa shape index (κ1) is 10.2. The molecule has 5 heteroatoms. The van der Waals surface area contributed by atoms with Gasteiger partial charge in [-0.25, -0.2) is 9.89 Å². The van der Waals surface area contributed by atoms with Crippen LogP contribution in [0, 0.1) is 10.7 Å². The molecule has 0 fully saturated rings. The van der Waals surface area contributed by atoms with Gasteiger partial charge in [-0.15, -0.1) is 0 Å². The van der Waals surface area contributed by atoms with Crippen molar-refractivity contribution in [3.63, 3.8) is 0 Å². The normalized spacial score (nSPS) is 13.5. The lowest BCUT2D eigenvalue weighted by molar-refractivity contribution is 0.416. The Balaban J connectivity index is 2.94. The summed E-state index contributed by atoms with van der Waals surface area (Å²) in [5.41, 5.74) is -0.154. The van der Waals surface area contributed by atoms with Crippen LogP contribution in [0.1, 0.15) is 33.2 Å². The molecule has 0 bridgehead atoms. The van der Waals surface area contributed by atoms with E-state index in [1.54, 1.807) is 4.57 Å². The van der Waals surface area contributed by atoms with E-state index in [9.17, 15) is 4.79 Å². The first-order valence-corrected chi connectivity index (χ1v) is 4.82. The second kappa shape index (κ2) is 3.91. The minimum atomic E-state index is -0.154. The summed E-state index contributed by atoms with van der Waals surface area (Å²) in [7, 11) is 0. The average Bonchev–Trinajstić information content (AvgIpc) is 2.29. The fraction of sp³-hybridized carbons (Fsp3) is 0.750. The molecule has 0 saturated heterocycles. The molecule has 1 atom stereocenters. The van der Waals surface area contributed by atoms with Crippen LogP contribution in [0.25, 0.3) is 0 Å². The Labute approximate surface area is 82.0 Å². The monoisotopic (exact) mass is 201 g/mol. The Kier molecular flexibility index (Phi) is 3.08. The van der Waals surface area contributed by atoms with Crippen molar-refractivity contribution in [2.45, 2.75) is 33.2 Å². The van der Waals surface area contributed by atoms with E-state index in [1.807, 2.05) is 6.92 Å². The van der Waals surface area contributed by atoms with E-state index < -0.39 is 0 Å². The molecule has 1 heterocycles. The maximum Gasteiger partial charge on any atom is 0.342 e. The van der Waals surface area contributed by atoms with E-state index >= 15 is 0 Å². The Morgan fingerprint density at radius 1 is 1.38 bits per heavy atom. The topological polar surface area (TPSA) is 53.6 Å². The van der Waals surface area contributed by atoms with Crippen LogP contribution in [-0.4, -0.2) is 14.8 Å². The van der Waals surface area contributed by atoms with E-state index in [0.29, 0.717) is 10.7 Å². The molecule has 1 unspecified atom stereocenters. The van der Waals surface area contributed by atoms with Gasteiger partial charge in [0, 0.05) is 6.04 Å². The van der Waals surface area contributed by atoms with Crippen LogP contribution < -0.4 is 5.69 Å². The maximum absolute atomic E-state index is 11.3. The molecule has 13 heavy (non-hydrogen) atoms. The summed E-state index contributed by atoms with van der Waals surface area (Å²) < 4.78 is 2.05. The lowest BCUT2D eigenvalue weighted by Crippen LogP contribution is -2.21. The highest BCUT2D eigenvalue weighted by molar-refractivity contribution is 7.71. The van der Waals surface area contributed by atoms with Crippen molar-refractivity contribution in [1.82, 2.24) is 14.8 Å². The van der Waals surface area contributed by atoms with Crippen molar-refractivity contribution >= 4 is 12.2 Å². The van der Waals surface area contributed by atoms with E-state index in [1.165, 1.54) is 0 Å². The van der Waals surface area contributed by atoms with Crippen LogP contribution >= 0.6 is 12.2 Å². The SMILES string of the molecule is CC(C)CC(C)n1c(=O)[nH][nH]c1=S. The summed E-state index contributed by atoms with van der Waals surface area (Å²) in [6.07, 6.45) is 0.954. The number of nitrogens with zero attached hydrogens (tertiary/aromatic N) is 1. The average molecular weight is 201 g/mol. The van der Waals surface area contributed by atoms with Gasteiger partial charge in [-0.1, -0.05) is 13.8 Å². The summed E-state index contributed by atoms with van der Waals surface area (Å²) in [4.78, 5) is 11.3.